The van der Waals surface area contributed by atoms with Gasteiger partial charge in [-0.3, -0.25) is 4.79 Å². The Labute approximate surface area is 218 Å². The summed E-state index contributed by atoms with van der Waals surface area (Å²) in [5.41, 5.74) is 2.93. The van der Waals surface area contributed by atoms with Crippen molar-refractivity contribution in [1.29, 1.82) is 0 Å². The molecule has 190 valence electrons. The number of nitrogens with one attached hydrogen (secondary N) is 1. The highest BCUT2D eigenvalue weighted by Crippen LogP contribution is 2.29. The highest BCUT2D eigenvalue weighted by atomic mass is 32.2. The summed E-state index contributed by atoms with van der Waals surface area (Å²) in [5, 5.41) is 2.84. The number of ether oxygens (including phenoxy) is 1. The second-order valence-electron chi connectivity index (χ2n) is 8.80. The molecular formula is C30H30N2O4S. The molecule has 0 unspecified atom stereocenters. The van der Waals surface area contributed by atoms with Crippen LogP contribution in [0, 0.1) is 13.8 Å². The SMILES string of the molecule is Cc1ccc(C)c(S(=O)(=O)N(CCc2ccccc2)CC(=O)Nc2ccccc2Oc2ccccc2)c1. The van der Waals surface area contributed by atoms with Crippen LogP contribution in [0.2, 0.25) is 0 Å². The van der Waals surface area contributed by atoms with Crippen LogP contribution in [-0.2, 0) is 21.2 Å². The average Bonchev–Trinajstić information content (AvgIpc) is 2.90. The van der Waals surface area contributed by atoms with Crippen LogP contribution in [0.15, 0.2) is 108 Å². The van der Waals surface area contributed by atoms with Crippen LogP contribution >= 0.6 is 0 Å². The Hall–Kier alpha value is -3.94. The third-order valence-electron chi connectivity index (χ3n) is 5.91. The summed E-state index contributed by atoms with van der Waals surface area (Å²) in [4.78, 5) is 13.4. The van der Waals surface area contributed by atoms with Crippen molar-refractivity contribution in [1.82, 2.24) is 4.31 Å². The molecule has 4 aromatic rings. The first-order valence-corrected chi connectivity index (χ1v) is 13.5. The normalized spacial score (nSPS) is 11.3. The van der Waals surface area contributed by atoms with E-state index in [1.807, 2.05) is 79.7 Å². The number of benzene rings is 4. The van der Waals surface area contributed by atoms with E-state index in [-0.39, 0.29) is 18.0 Å². The fourth-order valence-electron chi connectivity index (χ4n) is 3.93. The molecule has 0 bridgehead atoms. The third kappa shape index (κ3) is 6.84. The molecule has 0 radical (unpaired) electrons. The number of carbonyl (C=O) groups is 1. The molecule has 4 aromatic carbocycles. The predicted molar refractivity (Wildman–Crippen MR) is 146 cm³/mol. The summed E-state index contributed by atoms with van der Waals surface area (Å²) in [6, 6.07) is 31.3. The molecule has 0 heterocycles. The molecule has 1 amide bonds. The molecule has 0 aliphatic rings. The summed E-state index contributed by atoms with van der Waals surface area (Å²) in [6.45, 7) is 3.44. The van der Waals surface area contributed by atoms with Gasteiger partial charge in [0.05, 0.1) is 17.1 Å². The molecule has 0 fully saturated rings. The van der Waals surface area contributed by atoms with E-state index >= 15 is 0 Å². The zero-order valence-electron chi connectivity index (χ0n) is 20.9. The van der Waals surface area contributed by atoms with Crippen molar-refractivity contribution in [3.8, 4) is 11.5 Å². The lowest BCUT2D eigenvalue weighted by molar-refractivity contribution is -0.116. The second-order valence-corrected chi connectivity index (χ2v) is 10.7. The van der Waals surface area contributed by atoms with Crippen molar-refractivity contribution in [3.63, 3.8) is 0 Å². The molecule has 0 spiro atoms. The van der Waals surface area contributed by atoms with Gasteiger partial charge in [0.25, 0.3) is 0 Å². The van der Waals surface area contributed by atoms with Gasteiger partial charge >= 0.3 is 0 Å². The van der Waals surface area contributed by atoms with Gasteiger partial charge in [0.1, 0.15) is 5.75 Å². The van der Waals surface area contributed by atoms with Crippen molar-refractivity contribution in [2.24, 2.45) is 0 Å². The van der Waals surface area contributed by atoms with E-state index in [4.69, 9.17) is 4.74 Å². The third-order valence-corrected chi connectivity index (χ3v) is 7.89. The molecule has 0 saturated heterocycles. The van der Waals surface area contributed by atoms with E-state index < -0.39 is 15.9 Å². The molecule has 0 aliphatic heterocycles. The molecule has 0 atom stereocenters. The van der Waals surface area contributed by atoms with Gasteiger partial charge in [-0.05, 0) is 67.3 Å². The van der Waals surface area contributed by atoms with Crippen LogP contribution in [0.1, 0.15) is 16.7 Å². The summed E-state index contributed by atoms with van der Waals surface area (Å²) in [5.74, 6) is 0.646. The summed E-state index contributed by atoms with van der Waals surface area (Å²) < 4.78 is 34.7. The lowest BCUT2D eigenvalue weighted by atomic mass is 10.1. The molecule has 4 rings (SSSR count). The Morgan fingerprint density at radius 2 is 1.49 bits per heavy atom. The first-order valence-electron chi connectivity index (χ1n) is 12.1. The van der Waals surface area contributed by atoms with Crippen molar-refractivity contribution in [2.75, 3.05) is 18.4 Å². The predicted octanol–water partition coefficient (Wildman–Crippen LogP) is 5.97. The standard InChI is InChI=1S/C30H30N2O4S/c1-23-17-18-24(2)29(21-23)37(34,35)32(20-19-25-11-5-3-6-12-25)22-30(33)31-27-15-9-10-16-28(27)36-26-13-7-4-8-14-26/h3-18,21H,19-20,22H2,1-2H3,(H,31,33). The summed E-state index contributed by atoms with van der Waals surface area (Å²) in [7, 11) is -3.93. The minimum absolute atomic E-state index is 0.162. The van der Waals surface area contributed by atoms with Gasteiger partial charge in [-0.1, -0.05) is 72.8 Å². The molecule has 37 heavy (non-hydrogen) atoms. The number of rotatable bonds is 10. The van der Waals surface area contributed by atoms with Crippen LogP contribution in [0.4, 0.5) is 5.69 Å². The maximum atomic E-state index is 13.7. The molecule has 0 aliphatic carbocycles. The van der Waals surface area contributed by atoms with Crippen molar-refractivity contribution in [2.45, 2.75) is 25.2 Å². The number of para-hydroxylation sites is 3. The molecule has 6 nitrogen and oxygen atoms in total. The summed E-state index contributed by atoms with van der Waals surface area (Å²) in [6.07, 6.45) is 0.478. The number of aryl methyl sites for hydroxylation is 2. The van der Waals surface area contributed by atoms with Crippen molar-refractivity contribution < 1.29 is 17.9 Å². The maximum Gasteiger partial charge on any atom is 0.243 e. The lowest BCUT2D eigenvalue weighted by Crippen LogP contribution is -2.39. The van der Waals surface area contributed by atoms with E-state index in [2.05, 4.69) is 5.32 Å². The number of nitrogens with zero attached hydrogens (tertiary/aromatic N) is 1. The average molecular weight is 515 g/mol. The highest BCUT2D eigenvalue weighted by molar-refractivity contribution is 7.89. The molecule has 0 saturated carbocycles. The topological polar surface area (TPSA) is 75.7 Å². The van der Waals surface area contributed by atoms with Gasteiger partial charge in [-0.15, -0.1) is 0 Å². The van der Waals surface area contributed by atoms with Gasteiger partial charge < -0.3 is 10.1 Å². The molecular weight excluding hydrogens is 484 g/mol. The second kappa shape index (κ2) is 11.9. The van der Waals surface area contributed by atoms with Crippen molar-refractivity contribution in [3.05, 3.63) is 120 Å². The molecule has 0 aromatic heterocycles. The van der Waals surface area contributed by atoms with Crippen LogP contribution in [0.5, 0.6) is 11.5 Å². The van der Waals surface area contributed by atoms with E-state index in [1.54, 1.807) is 37.3 Å². The highest BCUT2D eigenvalue weighted by Gasteiger charge is 2.28. The Bertz CT molecular complexity index is 1460. The zero-order chi connectivity index (χ0) is 26.3. The number of hydrogen-bond acceptors (Lipinski definition) is 4. The van der Waals surface area contributed by atoms with E-state index in [0.717, 1.165) is 11.1 Å². The van der Waals surface area contributed by atoms with E-state index in [9.17, 15) is 13.2 Å². The fourth-order valence-corrected chi connectivity index (χ4v) is 5.64. The number of anilines is 1. The Kier molecular flexibility index (Phi) is 8.38. The van der Waals surface area contributed by atoms with Crippen LogP contribution in [0.3, 0.4) is 0 Å². The Morgan fingerprint density at radius 1 is 0.838 bits per heavy atom. The zero-order valence-corrected chi connectivity index (χ0v) is 21.7. The Morgan fingerprint density at radius 3 is 2.22 bits per heavy atom. The van der Waals surface area contributed by atoms with Gasteiger partial charge in [-0.25, -0.2) is 8.42 Å². The smallest absolute Gasteiger partial charge is 0.243 e. The van der Waals surface area contributed by atoms with E-state index in [1.165, 1.54) is 4.31 Å². The van der Waals surface area contributed by atoms with Gasteiger partial charge in [0.15, 0.2) is 5.75 Å². The first kappa shape index (κ1) is 26.1. The lowest BCUT2D eigenvalue weighted by Gasteiger charge is -2.23. The quantitative estimate of drug-likeness (QED) is 0.283. The number of sulfonamides is 1. The number of amides is 1. The van der Waals surface area contributed by atoms with Crippen LogP contribution in [-0.4, -0.2) is 31.7 Å². The summed E-state index contributed by atoms with van der Waals surface area (Å²) >= 11 is 0. The molecule has 1 N–H and O–H groups in total. The minimum Gasteiger partial charge on any atom is -0.455 e. The monoisotopic (exact) mass is 514 g/mol. The maximum absolute atomic E-state index is 13.7. The van der Waals surface area contributed by atoms with Gasteiger partial charge in [-0.2, -0.15) is 4.31 Å². The largest absolute Gasteiger partial charge is 0.455 e. The van der Waals surface area contributed by atoms with E-state index in [0.29, 0.717) is 29.2 Å². The van der Waals surface area contributed by atoms with Gasteiger partial charge in [0, 0.05) is 6.54 Å². The van der Waals surface area contributed by atoms with Crippen LogP contribution in [0.25, 0.3) is 0 Å². The van der Waals surface area contributed by atoms with Gasteiger partial charge in [0.2, 0.25) is 15.9 Å². The first-order chi connectivity index (χ1) is 17.8. The Balaban J connectivity index is 1.57. The number of carbonyl (C=O) groups excluding carboxylic acids is 1. The van der Waals surface area contributed by atoms with Crippen LogP contribution < -0.4 is 10.1 Å². The van der Waals surface area contributed by atoms with Crippen molar-refractivity contribution >= 4 is 21.6 Å². The number of hydrogen-bond donors (Lipinski definition) is 1. The fraction of sp³-hybridized carbons (Fsp3) is 0.167. The molecule has 7 heteroatoms. The minimum atomic E-state index is -3.93.